The molecule has 0 unspecified atom stereocenters. The van der Waals surface area contributed by atoms with Crippen molar-refractivity contribution in [2.45, 2.75) is 22.2 Å². The molecule has 0 spiro atoms. The van der Waals surface area contributed by atoms with E-state index in [1.165, 1.54) is 6.07 Å². The highest BCUT2D eigenvalue weighted by molar-refractivity contribution is 14.1. The average molecular weight is 638 g/mol. The first-order chi connectivity index (χ1) is 11.8. The first kappa shape index (κ1) is 22.3. The second-order valence-electron chi connectivity index (χ2n) is 4.93. The summed E-state index contributed by atoms with van der Waals surface area (Å²) in [6.07, 6.45) is -6.38. The van der Waals surface area contributed by atoms with Crippen LogP contribution in [0.25, 0.3) is 11.1 Å². The van der Waals surface area contributed by atoms with Crippen LogP contribution < -0.4 is 0 Å². The molecule has 0 nitrogen and oxygen atoms in total. The van der Waals surface area contributed by atoms with E-state index < -0.39 is 34.0 Å². The lowest BCUT2D eigenvalue weighted by molar-refractivity contribution is -0.330. The molecule has 26 heavy (non-hydrogen) atoms. The highest BCUT2D eigenvalue weighted by atomic mass is 127. The van der Waals surface area contributed by atoms with Crippen LogP contribution >= 0.6 is 66.2 Å². The Bertz CT molecular complexity index is 824. The number of benzene rings is 2. The fourth-order valence-electron chi connectivity index (χ4n) is 1.92. The van der Waals surface area contributed by atoms with Gasteiger partial charge in [0.2, 0.25) is 0 Å². The molecule has 0 aliphatic heterocycles. The zero-order chi connectivity index (χ0) is 19.9. The Kier molecular flexibility index (Phi) is 6.67. The molecule has 11 heteroatoms. The van der Waals surface area contributed by atoms with E-state index in [2.05, 4.69) is 31.9 Å². The van der Waals surface area contributed by atoms with Gasteiger partial charge >= 0.3 is 17.4 Å². The average Bonchev–Trinajstić information content (AvgIpc) is 2.46. The molecule has 142 valence electrons. The number of hydrogen-bond acceptors (Lipinski definition) is 1. The zero-order valence-corrected chi connectivity index (χ0v) is 18.3. The van der Waals surface area contributed by atoms with Gasteiger partial charge in [0.1, 0.15) is 0 Å². The molecule has 0 saturated heterocycles. The Morgan fingerprint density at radius 3 is 2.00 bits per heavy atom. The molecule has 2 rings (SSSR count). The van der Waals surface area contributed by atoms with Crippen LogP contribution in [0.4, 0.5) is 30.7 Å². The van der Waals surface area contributed by atoms with Crippen LogP contribution in [0, 0.1) is 3.57 Å². The summed E-state index contributed by atoms with van der Waals surface area (Å²) in [4.78, 5) is -0.427. The van der Waals surface area contributed by atoms with Gasteiger partial charge in [-0.05, 0) is 58.1 Å². The van der Waals surface area contributed by atoms with Crippen LogP contribution in [0.3, 0.4) is 0 Å². The van der Waals surface area contributed by atoms with Gasteiger partial charge in [0, 0.05) is 23.0 Å². The van der Waals surface area contributed by atoms with Crippen molar-refractivity contribution >= 4 is 66.2 Å². The van der Waals surface area contributed by atoms with Crippen LogP contribution in [-0.4, -0.2) is 17.4 Å². The second-order valence-corrected chi connectivity index (χ2v) is 9.02. The minimum Gasteiger partial charge on any atom is -0.188 e. The summed E-state index contributed by atoms with van der Waals surface area (Å²) in [7, 11) is 0. The summed E-state index contributed by atoms with van der Waals surface area (Å²) < 4.78 is 92.8. The molecule has 0 aromatic heterocycles. The monoisotopic (exact) mass is 636 g/mol. The van der Waals surface area contributed by atoms with Crippen molar-refractivity contribution in [2.24, 2.45) is 0 Å². The molecular weight excluding hydrogens is 632 g/mol. The number of alkyl halides is 7. The SMILES string of the molecule is FC(F)(F)C(F)(F)C(F)(F)Sc1cc(Br)cc(Br)c1-c1ccccc1I. The highest BCUT2D eigenvalue weighted by Gasteiger charge is 2.73. The van der Waals surface area contributed by atoms with Crippen molar-refractivity contribution in [1.29, 1.82) is 0 Å². The summed E-state index contributed by atoms with van der Waals surface area (Å²) in [5.41, 5.74) is 0.516. The van der Waals surface area contributed by atoms with Gasteiger partial charge in [-0.15, -0.1) is 0 Å². The molecule has 0 atom stereocenters. The third kappa shape index (κ3) is 4.35. The van der Waals surface area contributed by atoms with Crippen molar-refractivity contribution in [3.05, 3.63) is 48.9 Å². The third-order valence-corrected chi connectivity index (χ3v) is 6.20. The number of halogens is 10. The van der Waals surface area contributed by atoms with Crippen molar-refractivity contribution in [3.63, 3.8) is 0 Å². The summed E-state index contributed by atoms with van der Waals surface area (Å²) in [5, 5.41) is -5.40. The molecule has 0 N–H and O–H groups in total. The van der Waals surface area contributed by atoms with Gasteiger partial charge in [-0.25, -0.2) is 0 Å². The van der Waals surface area contributed by atoms with Gasteiger partial charge in [-0.3, -0.25) is 0 Å². The van der Waals surface area contributed by atoms with E-state index in [1.807, 2.05) is 22.6 Å². The van der Waals surface area contributed by atoms with Gasteiger partial charge in [-0.1, -0.05) is 50.1 Å². The summed E-state index contributed by atoms with van der Waals surface area (Å²) in [6, 6.07) is 9.05. The number of thioether (sulfide) groups is 1. The van der Waals surface area contributed by atoms with Crippen LogP contribution in [0.5, 0.6) is 0 Å². The third-order valence-electron chi connectivity index (χ3n) is 3.12. The Morgan fingerprint density at radius 2 is 1.46 bits per heavy atom. The largest absolute Gasteiger partial charge is 0.460 e. The summed E-state index contributed by atoms with van der Waals surface area (Å²) in [6.45, 7) is 0. The molecule has 0 radical (unpaired) electrons. The fourth-order valence-corrected chi connectivity index (χ4v) is 5.33. The van der Waals surface area contributed by atoms with Crippen LogP contribution in [0.1, 0.15) is 0 Å². The van der Waals surface area contributed by atoms with Gasteiger partial charge < -0.3 is 0 Å². The van der Waals surface area contributed by atoms with Crippen molar-refractivity contribution < 1.29 is 30.7 Å². The van der Waals surface area contributed by atoms with Crippen LogP contribution in [0.2, 0.25) is 0 Å². The summed E-state index contributed by atoms with van der Waals surface area (Å²) >= 11 is 7.29. The minimum absolute atomic E-state index is 0.0980. The molecule has 0 aliphatic rings. The number of hydrogen-bond donors (Lipinski definition) is 0. The molecule has 0 saturated carbocycles. The normalized spacial score (nSPS) is 13.2. The lowest BCUT2D eigenvalue weighted by Gasteiger charge is -2.28. The van der Waals surface area contributed by atoms with Crippen molar-refractivity contribution in [3.8, 4) is 11.1 Å². The Balaban J connectivity index is 2.63. The van der Waals surface area contributed by atoms with E-state index in [0.29, 0.717) is 9.13 Å². The Morgan fingerprint density at radius 1 is 0.885 bits per heavy atom. The molecular formula is C15H6Br2F7IS. The lowest BCUT2D eigenvalue weighted by atomic mass is 10.1. The first-order valence-electron chi connectivity index (χ1n) is 6.53. The highest BCUT2D eigenvalue weighted by Crippen LogP contribution is 2.56. The first-order valence-corrected chi connectivity index (χ1v) is 10.0. The molecule has 2 aromatic rings. The molecule has 0 aliphatic carbocycles. The van der Waals surface area contributed by atoms with Gasteiger partial charge in [0.05, 0.1) is 0 Å². The predicted octanol–water partition coefficient (Wildman–Crippen LogP) is 8.37. The van der Waals surface area contributed by atoms with Crippen LogP contribution in [0.15, 0.2) is 50.2 Å². The molecule has 0 bridgehead atoms. The zero-order valence-electron chi connectivity index (χ0n) is 12.2. The maximum Gasteiger partial charge on any atom is 0.460 e. The second kappa shape index (κ2) is 7.78. The maximum atomic E-state index is 13.9. The molecule has 0 heterocycles. The molecule has 2 aromatic carbocycles. The summed E-state index contributed by atoms with van der Waals surface area (Å²) in [5.74, 6) is -6.19. The number of rotatable bonds is 4. The quantitative estimate of drug-likeness (QED) is 0.184. The van der Waals surface area contributed by atoms with E-state index in [9.17, 15) is 30.7 Å². The molecule has 0 fully saturated rings. The van der Waals surface area contributed by atoms with E-state index in [0.717, 1.165) is 6.07 Å². The van der Waals surface area contributed by atoms with Gasteiger partial charge in [0.15, 0.2) is 0 Å². The maximum absolute atomic E-state index is 13.9. The Hall–Kier alpha value is -0.0100. The van der Waals surface area contributed by atoms with Gasteiger partial charge in [-0.2, -0.15) is 30.7 Å². The van der Waals surface area contributed by atoms with Crippen molar-refractivity contribution in [2.75, 3.05) is 0 Å². The van der Waals surface area contributed by atoms with E-state index in [-0.39, 0.29) is 14.5 Å². The Labute approximate surface area is 178 Å². The topological polar surface area (TPSA) is 0 Å². The lowest BCUT2D eigenvalue weighted by Crippen LogP contribution is -2.49. The van der Waals surface area contributed by atoms with Crippen molar-refractivity contribution in [1.82, 2.24) is 0 Å². The van der Waals surface area contributed by atoms with Crippen LogP contribution in [-0.2, 0) is 0 Å². The van der Waals surface area contributed by atoms with E-state index in [4.69, 9.17) is 0 Å². The fraction of sp³-hybridized carbons (Fsp3) is 0.200. The van der Waals surface area contributed by atoms with E-state index in [1.54, 1.807) is 24.3 Å². The standard InChI is InChI=1S/C15H6Br2F7IS/c16-7-5-9(17)12(8-3-1-2-4-10(8)25)11(6-7)26-15(23,24)13(18,19)14(20,21)22/h1-6H. The predicted molar refractivity (Wildman–Crippen MR) is 102 cm³/mol. The van der Waals surface area contributed by atoms with Gasteiger partial charge in [0.25, 0.3) is 0 Å². The van der Waals surface area contributed by atoms with E-state index >= 15 is 0 Å². The minimum atomic E-state index is -6.38. The molecule has 0 amide bonds. The smallest absolute Gasteiger partial charge is 0.188 e.